The summed E-state index contributed by atoms with van der Waals surface area (Å²) >= 11 is 0. The van der Waals surface area contributed by atoms with Crippen LogP contribution in [-0.2, 0) is 9.89 Å². The van der Waals surface area contributed by atoms with Crippen LogP contribution >= 0.6 is 8.58 Å². The van der Waals surface area contributed by atoms with E-state index in [1.165, 1.54) is 27.6 Å². The molecule has 0 aliphatic rings. The second-order valence-corrected chi connectivity index (χ2v) is 10.1. The third kappa shape index (κ3) is 5.54. The van der Waals surface area contributed by atoms with Crippen LogP contribution in [0.1, 0.15) is 54.5 Å². The maximum Gasteiger partial charge on any atom is 0.188 e. The number of methoxy groups -OCH3 is 1. The maximum absolute atomic E-state index is 6.05. The third-order valence-corrected chi connectivity index (χ3v) is 8.72. The first kappa shape index (κ1) is 25.1. The van der Waals surface area contributed by atoms with Crippen LogP contribution in [0.2, 0.25) is 0 Å². The van der Waals surface area contributed by atoms with Gasteiger partial charge in [-0.3, -0.25) is 4.99 Å². The van der Waals surface area contributed by atoms with Crippen LogP contribution in [0.25, 0.3) is 0 Å². The minimum atomic E-state index is -0.0362. The molecule has 0 radical (unpaired) electrons. The van der Waals surface area contributed by atoms with Crippen LogP contribution in [0, 0.1) is 13.8 Å². The normalized spacial score (nSPS) is 12.5. The molecule has 0 saturated carbocycles. The Hall–Kier alpha value is -2.48. The molecule has 0 aliphatic carbocycles. The van der Waals surface area contributed by atoms with Crippen molar-refractivity contribution in [2.75, 3.05) is 21.0 Å². The molecule has 3 aromatic rings. The van der Waals surface area contributed by atoms with E-state index in [1.54, 1.807) is 7.11 Å². The Morgan fingerprint density at radius 2 is 1.67 bits per heavy atom. The number of ether oxygens (including phenoxy) is 2. The predicted octanol–water partition coefficient (Wildman–Crippen LogP) is 6.77. The van der Waals surface area contributed by atoms with Gasteiger partial charge in [-0.25, -0.2) is 0 Å². The van der Waals surface area contributed by atoms with Gasteiger partial charge in [0.05, 0.1) is 5.71 Å². The van der Waals surface area contributed by atoms with Crippen molar-refractivity contribution in [1.29, 1.82) is 0 Å². The van der Waals surface area contributed by atoms with E-state index in [2.05, 4.69) is 88.4 Å². The molecule has 3 aromatic carbocycles. The van der Waals surface area contributed by atoms with Gasteiger partial charge < -0.3 is 9.47 Å². The van der Waals surface area contributed by atoms with Crippen LogP contribution in [-0.4, -0.2) is 26.7 Å². The number of hydrogen-bond acceptors (Lipinski definition) is 3. The summed E-state index contributed by atoms with van der Waals surface area (Å²) in [6, 6.07) is 23.6. The molecule has 0 amide bonds. The van der Waals surface area contributed by atoms with Gasteiger partial charge in [-0.2, -0.15) is 0 Å². The molecule has 1 unspecified atom stereocenters. The highest BCUT2D eigenvalue weighted by Crippen LogP contribution is 2.51. The van der Waals surface area contributed by atoms with E-state index in [9.17, 15) is 0 Å². The number of benzene rings is 3. The first-order valence-corrected chi connectivity index (χ1v) is 12.6. The molecular weight excluding hydrogens is 425 g/mol. The number of hydrogen-bond donors (Lipinski definition) is 0. The summed E-state index contributed by atoms with van der Waals surface area (Å²) in [4.78, 5) is 4.74. The van der Waals surface area contributed by atoms with Crippen molar-refractivity contribution in [3.63, 3.8) is 0 Å². The highest BCUT2D eigenvalue weighted by molar-refractivity contribution is 7.49. The smallest absolute Gasteiger partial charge is 0.188 e. The average Bonchev–Trinajstić information content (AvgIpc) is 2.84. The molecule has 33 heavy (non-hydrogen) atoms. The minimum absolute atomic E-state index is 0.0362. The summed E-state index contributed by atoms with van der Waals surface area (Å²) in [5.41, 5.74) is 7.24. The minimum Gasteiger partial charge on any atom is -0.467 e. The predicted molar refractivity (Wildman–Crippen MR) is 143 cm³/mol. The van der Waals surface area contributed by atoms with Gasteiger partial charge in [0.25, 0.3) is 0 Å². The SMILES string of the molecule is CCC(CC)(Pc1c(C)cccc1C(=NC)c1ccccc1)c1cc(C)ccc1OCOC. The molecule has 0 aliphatic heterocycles. The average molecular weight is 462 g/mol. The van der Waals surface area contributed by atoms with Crippen LogP contribution < -0.4 is 10.0 Å². The van der Waals surface area contributed by atoms with Gasteiger partial charge in [-0.05, 0) is 43.6 Å². The van der Waals surface area contributed by atoms with Gasteiger partial charge in [0, 0.05) is 36.0 Å². The van der Waals surface area contributed by atoms with E-state index in [1.807, 2.05) is 13.1 Å². The van der Waals surface area contributed by atoms with E-state index >= 15 is 0 Å². The van der Waals surface area contributed by atoms with E-state index in [0.717, 1.165) is 29.9 Å². The third-order valence-electron chi connectivity index (χ3n) is 6.35. The molecule has 0 N–H and O–H groups in total. The van der Waals surface area contributed by atoms with E-state index in [4.69, 9.17) is 14.5 Å². The summed E-state index contributed by atoms with van der Waals surface area (Å²) in [5, 5.41) is 1.34. The molecule has 174 valence electrons. The molecule has 3 nitrogen and oxygen atoms in total. The Labute approximate surface area is 201 Å². The fourth-order valence-corrected chi connectivity index (χ4v) is 6.19. The van der Waals surface area contributed by atoms with Crippen molar-refractivity contribution in [3.8, 4) is 5.75 Å². The van der Waals surface area contributed by atoms with Gasteiger partial charge in [-0.1, -0.05) is 88.7 Å². The van der Waals surface area contributed by atoms with Crippen LogP contribution in [0.5, 0.6) is 5.75 Å². The zero-order valence-corrected chi connectivity index (χ0v) is 21.7. The lowest BCUT2D eigenvalue weighted by atomic mass is 9.90. The Morgan fingerprint density at radius 1 is 0.939 bits per heavy atom. The Morgan fingerprint density at radius 3 is 2.30 bits per heavy atom. The maximum atomic E-state index is 6.05. The number of aryl methyl sites for hydroxylation is 2. The lowest BCUT2D eigenvalue weighted by molar-refractivity contribution is 0.0499. The van der Waals surface area contributed by atoms with Gasteiger partial charge >= 0.3 is 0 Å². The first-order valence-electron chi connectivity index (χ1n) is 11.6. The number of rotatable bonds is 10. The first-order chi connectivity index (χ1) is 16.0. The van der Waals surface area contributed by atoms with Crippen molar-refractivity contribution >= 4 is 19.6 Å². The Balaban J connectivity index is 2.16. The van der Waals surface area contributed by atoms with E-state index in [-0.39, 0.29) is 11.9 Å². The molecule has 4 heteroatoms. The van der Waals surface area contributed by atoms with Crippen molar-refractivity contribution in [2.24, 2.45) is 4.99 Å². The molecule has 3 rings (SSSR count). The monoisotopic (exact) mass is 461 g/mol. The summed E-state index contributed by atoms with van der Waals surface area (Å²) in [6.07, 6.45) is 2.04. The lowest BCUT2D eigenvalue weighted by Gasteiger charge is -2.35. The molecule has 0 spiro atoms. The van der Waals surface area contributed by atoms with Crippen molar-refractivity contribution in [1.82, 2.24) is 0 Å². The Bertz CT molecular complexity index is 1090. The van der Waals surface area contributed by atoms with E-state index in [0.29, 0.717) is 8.58 Å². The molecule has 0 fully saturated rings. The summed E-state index contributed by atoms with van der Waals surface area (Å²) in [7, 11) is 4.13. The van der Waals surface area contributed by atoms with Crippen LogP contribution in [0.4, 0.5) is 0 Å². The van der Waals surface area contributed by atoms with Crippen LogP contribution in [0.3, 0.4) is 0 Å². The quantitative estimate of drug-likeness (QED) is 0.189. The lowest BCUT2D eigenvalue weighted by Crippen LogP contribution is -2.26. The zero-order chi connectivity index (χ0) is 23.8. The standard InChI is InChI=1S/C29H36NO2P/c1-7-29(8-2,25-19-21(3)17-18-26(25)32-20-31-6)33-28-22(4)13-12-16-24(28)27(30-5)23-14-10-9-11-15-23/h9-19,33H,7-8,20H2,1-6H3. The van der Waals surface area contributed by atoms with Crippen molar-refractivity contribution < 1.29 is 9.47 Å². The van der Waals surface area contributed by atoms with Gasteiger partial charge in [-0.15, -0.1) is 0 Å². The number of nitrogens with zero attached hydrogens (tertiary/aromatic N) is 1. The topological polar surface area (TPSA) is 30.8 Å². The molecule has 0 bridgehead atoms. The highest BCUT2D eigenvalue weighted by Gasteiger charge is 2.34. The van der Waals surface area contributed by atoms with Crippen molar-refractivity contribution in [3.05, 3.63) is 94.5 Å². The van der Waals surface area contributed by atoms with Crippen molar-refractivity contribution in [2.45, 2.75) is 45.7 Å². The van der Waals surface area contributed by atoms with E-state index < -0.39 is 0 Å². The molecular formula is C29H36NO2P. The fourth-order valence-electron chi connectivity index (χ4n) is 4.41. The molecule has 0 aromatic heterocycles. The zero-order valence-electron chi connectivity index (χ0n) is 20.7. The molecule has 0 heterocycles. The summed E-state index contributed by atoms with van der Waals surface area (Å²) < 4.78 is 11.3. The fraction of sp³-hybridized carbons (Fsp3) is 0.345. The molecule has 1 atom stereocenters. The number of aliphatic imine (C=N–C) groups is 1. The second kappa shape index (κ2) is 11.6. The largest absolute Gasteiger partial charge is 0.467 e. The Kier molecular flexibility index (Phi) is 8.83. The van der Waals surface area contributed by atoms with Gasteiger partial charge in [0.2, 0.25) is 0 Å². The van der Waals surface area contributed by atoms with Gasteiger partial charge in [0.15, 0.2) is 6.79 Å². The van der Waals surface area contributed by atoms with Crippen LogP contribution in [0.15, 0.2) is 71.7 Å². The summed E-state index contributed by atoms with van der Waals surface area (Å²) in [6.45, 7) is 9.21. The second-order valence-electron chi connectivity index (χ2n) is 8.40. The molecule has 0 saturated heterocycles. The van der Waals surface area contributed by atoms with Gasteiger partial charge in [0.1, 0.15) is 5.75 Å². The highest BCUT2D eigenvalue weighted by atomic mass is 31.1. The summed E-state index contributed by atoms with van der Waals surface area (Å²) in [5.74, 6) is 0.918.